The van der Waals surface area contributed by atoms with Gasteiger partial charge in [-0.3, -0.25) is 0 Å². The highest BCUT2D eigenvalue weighted by Gasteiger charge is 2.28. The zero-order valence-electron chi connectivity index (χ0n) is 16.5. The molecule has 1 saturated carbocycles. The first-order valence-corrected chi connectivity index (χ1v) is 10.4. The number of aromatic nitrogens is 4. The second-order valence-electron chi connectivity index (χ2n) is 7.71. The van der Waals surface area contributed by atoms with Crippen LogP contribution in [-0.4, -0.2) is 33.3 Å². The Balaban J connectivity index is 2.04. The number of tetrazole rings is 1. The highest BCUT2D eigenvalue weighted by Crippen LogP contribution is 2.30. The van der Waals surface area contributed by atoms with Gasteiger partial charge in [0.05, 0.1) is 6.04 Å². The highest BCUT2D eigenvalue weighted by molar-refractivity contribution is 4.96. The standard InChI is InChI=1S/C19H38N6/c1-4-7-11-25-19(22-23-24-25)18(17(5-2)6-3)21-14-16-10-8-9-15(12-16)13-20/h15-18,21H,4-14,20H2,1-3H3. The number of hydrogen-bond acceptors (Lipinski definition) is 5. The molecule has 1 heterocycles. The quantitative estimate of drug-likeness (QED) is 0.640. The molecule has 25 heavy (non-hydrogen) atoms. The smallest absolute Gasteiger partial charge is 0.168 e. The average molecular weight is 351 g/mol. The van der Waals surface area contributed by atoms with Crippen LogP contribution in [0.25, 0.3) is 0 Å². The van der Waals surface area contributed by atoms with E-state index in [1.54, 1.807) is 0 Å². The minimum absolute atomic E-state index is 0.250. The van der Waals surface area contributed by atoms with E-state index in [-0.39, 0.29) is 6.04 Å². The molecule has 0 amide bonds. The third kappa shape index (κ3) is 5.74. The Bertz CT molecular complexity index is 470. The van der Waals surface area contributed by atoms with Gasteiger partial charge in [-0.15, -0.1) is 5.10 Å². The van der Waals surface area contributed by atoms with Crippen LogP contribution in [0.5, 0.6) is 0 Å². The fourth-order valence-electron chi connectivity index (χ4n) is 4.23. The molecule has 1 aliphatic rings. The molecule has 2 rings (SSSR count). The average Bonchev–Trinajstić information content (AvgIpc) is 3.11. The molecule has 6 heteroatoms. The summed E-state index contributed by atoms with van der Waals surface area (Å²) in [4.78, 5) is 0. The van der Waals surface area contributed by atoms with Crippen molar-refractivity contribution in [2.45, 2.75) is 84.7 Å². The van der Waals surface area contributed by atoms with Gasteiger partial charge in [-0.25, -0.2) is 4.68 Å². The molecule has 0 bridgehead atoms. The van der Waals surface area contributed by atoms with Gasteiger partial charge in [0.2, 0.25) is 0 Å². The summed E-state index contributed by atoms with van der Waals surface area (Å²) in [5.41, 5.74) is 5.91. The molecule has 3 atom stereocenters. The zero-order valence-corrected chi connectivity index (χ0v) is 16.5. The summed E-state index contributed by atoms with van der Waals surface area (Å²) in [6.45, 7) is 9.55. The Morgan fingerprint density at radius 3 is 2.64 bits per heavy atom. The van der Waals surface area contributed by atoms with E-state index in [4.69, 9.17) is 5.73 Å². The molecule has 1 fully saturated rings. The van der Waals surface area contributed by atoms with Gasteiger partial charge in [0.1, 0.15) is 0 Å². The van der Waals surface area contributed by atoms with Crippen LogP contribution in [0.1, 0.15) is 84.0 Å². The van der Waals surface area contributed by atoms with Crippen molar-refractivity contribution in [2.75, 3.05) is 13.1 Å². The van der Waals surface area contributed by atoms with Gasteiger partial charge < -0.3 is 11.1 Å². The van der Waals surface area contributed by atoms with Gasteiger partial charge in [0.15, 0.2) is 5.82 Å². The molecule has 0 spiro atoms. The van der Waals surface area contributed by atoms with E-state index < -0.39 is 0 Å². The van der Waals surface area contributed by atoms with Crippen LogP contribution in [0, 0.1) is 17.8 Å². The maximum atomic E-state index is 5.91. The molecular weight excluding hydrogens is 312 g/mol. The maximum absolute atomic E-state index is 5.91. The first kappa shape index (κ1) is 20.3. The predicted molar refractivity (Wildman–Crippen MR) is 102 cm³/mol. The van der Waals surface area contributed by atoms with Crippen molar-refractivity contribution in [3.63, 3.8) is 0 Å². The Morgan fingerprint density at radius 2 is 1.96 bits per heavy atom. The van der Waals surface area contributed by atoms with E-state index in [0.717, 1.165) is 57.1 Å². The lowest BCUT2D eigenvalue weighted by atomic mass is 9.81. The van der Waals surface area contributed by atoms with Crippen molar-refractivity contribution < 1.29 is 0 Å². The minimum atomic E-state index is 0.250. The number of nitrogens with two attached hydrogens (primary N) is 1. The lowest BCUT2D eigenvalue weighted by molar-refractivity contribution is 0.235. The topological polar surface area (TPSA) is 81.7 Å². The summed E-state index contributed by atoms with van der Waals surface area (Å²) in [5, 5.41) is 16.5. The molecule has 0 aromatic carbocycles. The SMILES string of the molecule is CCCCn1nnnc1C(NCC1CCCC(CN)C1)C(CC)CC. The van der Waals surface area contributed by atoms with E-state index in [9.17, 15) is 0 Å². The Hall–Kier alpha value is -1.01. The lowest BCUT2D eigenvalue weighted by Crippen LogP contribution is -2.36. The molecule has 0 radical (unpaired) electrons. The summed E-state index contributed by atoms with van der Waals surface area (Å²) >= 11 is 0. The van der Waals surface area contributed by atoms with E-state index >= 15 is 0 Å². The second kappa shape index (κ2) is 10.9. The molecule has 0 aliphatic heterocycles. The van der Waals surface area contributed by atoms with Gasteiger partial charge in [-0.05, 0) is 67.0 Å². The van der Waals surface area contributed by atoms with Crippen molar-refractivity contribution >= 4 is 0 Å². The zero-order chi connectivity index (χ0) is 18.1. The predicted octanol–water partition coefficient (Wildman–Crippen LogP) is 3.31. The first-order valence-electron chi connectivity index (χ1n) is 10.4. The van der Waals surface area contributed by atoms with Gasteiger partial charge in [-0.2, -0.15) is 0 Å². The van der Waals surface area contributed by atoms with Crippen molar-refractivity contribution in [3.05, 3.63) is 5.82 Å². The number of rotatable bonds is 11. The van der Waals surface area contributed by atoms with Crippen LogP contribution in [0.4, 0.5) is 0 Å². The molecule has 1 aromatic heterocycles. The van der Waals surface area contributed by atoms with E-state index in [1.807, 2.05) is 4.68 Å². The Kier molecular flexibility index (Phi) is 8.82. The van der Waals surface area contributed by atoms with E-state index in [2.05, 4.69) is 41.6 Å². The third-order valence-electron chi connectivity index (χ3n) is 5.93. The fraction of sp³-hybridized carbons (Fsp3) is 0.947. The molecule has 3 N–H and O–H groups in total. The third-order valence-corrected chi connectivity index (χ3v) is 5.93. The van der Waals surface area contributed by atoms with Gasteiger partial charge in [0.25, 0.3) is 0 Å². The van der Waals surface area contributed by atoms with Crippen LogP contribution in [-0.2, 0) is 6.54 Å². The van der Waals surface area contributed by atoms with Gasteiger partial charge in [0, 0.05) is 6.54 Å². The Morgan fingerprint density at radius 1 is 1.20 bits per heavy atom. The summed E-state index contributed by atoms with van der Waals surface area (Å²) < 4.78 is 2.02. The van der Waals surface area contributed by atoms with Gasteiger partial charge >= 0.3 is 0 Å². The lowest BCUT2D eigenvalue weighted by Gasteiger charge is -2.32. The summed E-state index contributed by atoms with van der Waals surface area (Å²) in [7, 11) is 0. The van der Waals surface area contributed by atoms with Crippen molar-refractivity contribution in [3.8, 4) is 0 Å². The highest BCUT2D eigenvalue weighted by atomic mass is 15.5. The number of nitrogens with one attached hydrogen (secondary N) is 1. The monoisotopic (exact) mass is 350 g/mol. The Labute approximate surface area is 153 Å². The molecule has 1 aliphatic carbocycles. The van der Waals surface area contributed by atoms with Crippen LogP contribution in [0.3, 0.4) is 0 Å². The van der Waals surface area contributed by atoms with Crippen LogP contribution in [0.15, 0.2) is 0 Å². The number of unbranched alkanes of at least 4 members (excludes halogenated alkanes) is 1. The van der Waals surface area contributed by atoms with Crippen molar-refractivity contribution in [1.82, 2.24) is 25.5 Å². The van der Waals surface area contributed by atoms with Crippen molar-refractivity contribution in [2.24, 2.45) is 23.5 Å². The second-order valence-corrected chi connectivity index (χ2v) is 7.71. The summed E-state index contributed by atoms with van der Waals surface area (Å²) in [6, 6.07) is 0.250. The molecular formula is C19H38N6. The van der Waals surface area contributed by atoms with Gasteiger partial charge in [-0.1, -0.05) is 46.5 Å². The fourth-order valence-corrected chi connectivity index (χ4v) is 4.23. The van der Waals surface area contributed by atoms with Crippen LogP contribution >= 0.6 is 0 Å². The largest absolute Gasteiger partial charge is 0.330 e. The molecule has 144 valence electrons. The summed E-state index contributed by atoms with van der Waals surface area (Å²) in [5.74, 6) is 3.04. The van der Waals surface area contributed by atoms with Crippen molar-refractivity contribution in [1.29, 1.82) is 0 Å². The van der Waals surface area contributed by atoms with Crippen LogP contribution in [0.2, 0.25) is 0 Å². The number of hydrogen-bond donors (Lipinski definition) is 2. The van der Waals surface area contributed by atoms with Crippen LogP contribution < -0.4 is 11.1 Å². The number of aryl methyl sites for hydroxylation is 1. The molecule has 1 aromatic rings. The normalized spacial score (nSPS) is 22.4. The van der Waals surface area contributed by atoms with E-state index in [1.165, 1.54) is 25.7 Å². The molecule has 6 nitrogen and oxygen atoms in total. The molecule has 3 unspecified atom stereocenters. The maximum Gasteiger partial charge on any atom is 0.168 e. The van der Waals surface area contributed by atoms with E-state index in [0.29, 0.717) is 11.8 Å². The first-order chi connectivity index (χ1) is 12.2. The minimum Gasteiger partial charge on any atom is -0.330 e. The summed E-state index contributed by atoms with van der Waals surface area (Å²) in [6.07, 6.45) is 9.77. The molecule has 0 saturated heterocycles. The number of nitrogens with zero attached hydrogens (tertiary/aromatic N) is 4.